The van der Waals surface area contributed by atoms with E-state index >= 15 is 0 Å². The number of aryl methyl sites for hydroxylation is 1. The predicted octanol–water partition coefficient (Wildman–Crippen LogP) is 2.92. The van der Waals surface area contributed by atoms with Gasteiger partial charge >= 0.3 is 0 Å². The van der Waals surface area contributed by atoms with Gasteiger partial charge in [0.25, 0.3) is 0 Å². The molecule has 0 heterocycles. The van der Waals surface area contributed by atoms with Crippen LogP contribution < -0.4 is 0 Å². The van der Waals surface area contributed by atoms with E-state index in [1.165, 1.54) is 6.08 Å². The summed E-state index contributed by atoms with van der Waals surface area (Å²) in [7, 11) is 0. The molecule has 0 aliphatic rings. The Bertz CT molecular complexity index is 344. The number of allylic oxidation sites excluding steroid dienone is 2. The minimum absolute atomic E-state index is 0.0602. The average Bonchev–Trinajstić information content (AvgIpc) is 2.17. The van der Waals surface area contributed by atoms with E-state index in [0.29, 0.717) is 11.1 Å². The van der Waals surface area contributed by atoms with Crippen molar-refractivity contribution in [3.63, 3.8) is 0 Å². The number of carbonyl (C=O) groups is 1. The molecule has 0 fully saturated rings. The highest BCUT2D eigenvalue weighted by Crippen LogP contribution is 2.08. The second kappa shape index (κ2) is 3.85. The van der Waals surface area contributed by atoms with Gasteiger partial charge in [-0.3, -0.25) is 4.79 Å². The summed E-state index contributed by atoms with van der Waals surface area (Å²) in [5.74, 6) is -0.0602. The summed E-state index contributed by atoms with van der Waals surface area (Å²) < 4.78 is 0. The standard InChI is InChI=1S/C12H12O/c1-4-10(3)12(13)11-7-5-9(2)6-8-11/h4-8H,1,3H2,2H3. The fourth-order valence-electron chi connectivity index (χ4n) is 0.983. The molecule has 1 aromatic carbocycles. The minimum atomic E-state index is -0.0602. The molecular formula is C12H12O. The summed E-state index contributed by atoms with van der Waals surface area (Å²) in [6.45, 7) is 9.09. The van der Waals surface area contributed by atoms with E-state index in [-0.39, 0.29) is 5.78 Å². The minimum Gasteiger partial charge on any atom is -0.289 e. The van der Waals surface area contributed by atoms with Crippen molar-refractivity contribution in [2.45, 2.75) is 6.92 Å². The van der Waals surface area contributed by atoms with Gasteiger partial charge in [0.2, 0.25) is 0 Å². The summed E-state index contributed by atoms with van der Waals surface area (Å²) in [6.07, 6.45) is 1.47. The number of Topliss-reactive ketones (excluding diaryl/α,β-unsaturated/α-hetero) is 1. The lowest BCUT2D eigenvalue weighted by molar-refractivity contribution is 0.103. The summed E-state index contributed by atoms with van der Waals surface area (Å²) in [5, 5.41) is 0. The third-order valence-electron chi connectivity index (χ3n) is 1.85. The van der Waals surface area contributed by atoms with Crippen LogP contribution in [0.15, 0.2) is 49.1 Å². The molecule has 1 nitrogen and oxygen atoms in total. The van der Waals surface area contributed by atoms with Crippen LogP contribution >= 0.6 is 0 Å². The van der Waals surface area contributed by atoms with Gasteiger partial charge in [0.1, 0.15) is 0 Å². The lowest BCUT2D eigenvalue weighted by atomic mass is 10.0. The van der Waals surface area contributed by atoms with E-state index in [2.05, 4.69) is 13.2 Å². The molecule has 13 heavy (non-hydrogen) atoms. The normalized spacial score (nSPS) is 9.31. The van der Waals surface area contributed by atoms with Crippen LogP contribution in [0.3, 0.4) is 0 Å². The Morgan fingerprint density at radius 2 is 1.85 bits per heavy atom. The summed E-state index contributed by atoms with van der Waals surface area (Å²) in [6, 6.07) is 7.41. The molecule has 1 rings (SSSR count). The van der Waals surface area contributed by atoms with Crippen molar-refractivity contribution in [2.24, 2.45) is 0 Å². The third kappa shape index (κ3) is 2.15. The highest BCUT2D eigenvalue weighted by atomic mass is 16.1. The zero-order valence-corrected chi connectivity index (χ0v) is 7.71. The molecule has 0 spiro atoms. The second-order valence-electron chi connectivity index (χ2n) is 2.92. The molecule has 0 radical (unpaired) electrons. The molecular weight excluding hydrogens is 160 g/mol. The van der Waals surface area contributed by atoms with Crippen LogP contribution in [0.1, 0.15) is 15.9 Å². The molecule has 0 saturated heterocycles. The topological polar surface area (TPSA) is 17.1 Å². The molecule has 0 amide bonds. The Hall–Kier alpha value is -1.63. The van der Waals surface area contributed by atoms with E-state index in [0.717, 1.165) is 5.56 Å². The summed E-state index contributed by atoms with van der Waals surface area (Å²) >= 11 is 0. The fraction of sp³-hybridized carbons (Fsp3) is 0.0833. The fourth-order valence-corrected chi connectivity index (χ4v) is 0.983. The molecule has 0 unspecified atom stereocenters. The van der Waals surface area contributed by atoms with E-state index in [1.54, 1.807) is 12.1 Å². The van der Waals surface area contributed by atoms with Crippen molar-refractivity contribution in [3.8, 4) is 0 Å². The van der Waals surface area contributed by atoms with Crippen molar-refractivity contribution < 1.29 is 4.79 Å². The van der Waals surface area contributed by atoms with Crippen molar-refractivity contribution >= 4 is 5.78 Å². The van der Waals surface area contributed by atoms with Crippen LogP contribution in [0.2, 0.25) is 0 Å². The Morgan fingerprint density at radius 3 is 2.31 bits per heavy atom. The van der Waals surface area contributed by atoms with Crippen molar-refractivity contribution in [3.05, 3.63) is 60.2 Å². The molecule has 0 aliphatic heterocycles. The van der Waals surface area contributed by atoms with Crippen LogP contribution in [0.4, 0.5) is 0 Å². The predicted molar refractivity (Wildman–Crippen MR) is 54.8 cm³/mol. The highest BCUT2D eigenvalue weighted by molar-refractivity contribution is 6.09. The number of hydrogen-bond donors (Lipinski definition) is 0. The quantitative estimate of drug-likeness (QED) is 0.389. The number of ketones is 1. The second-order valence-corrected chi connectivity index (χ2v) is 2.92. The molecule has 0 N–H and O–H groups in total. The van der Waals surface area contributed by atoms with E-state index in [1.807, 2.05) is 19.1 Å². The molecule has 0 aromatic heterocycles. The van der Waals surface area contributed by atoms with E-state index < -0.39 is 0 Å². The summed E-state index contributed by atoms with van der Waals surface area (Å²) in [4.78, 5) is 11.5. The Morgan fingerprint density at radius 1 is 1.31 bits per heavy atom. The van der Waals surface area contributed by atoms with Crippen LogP contribution in [-0.2, 0) is 0 Å². The largest absolute Gasteiger partial charge is 0.289 e. The van der Waals surface area contributed by atoms with Crippen molar-refractivity contribution in [1.82, 2.24) is 0 Å². The Labute approximate surface area is 78.4 Å². The number of carbonyl (C=O) groups excluding carboxylic acids is 1. The first-order valence-electron chi connectivity index (χ1n) is 4.08. The molecule has 66 valence electrons. The van der Waals surface area contributed by atoms with Crippen LogP contribution in [-0.4, -0.2) is 5.78 Å². The zero-order chi connectivity index (χ0) is 9.84. The first-order valence-corrected chi connectivity index (χ1v) is 4.08. The van der Waals surface area contributed by atoms with Gasteiger partial charge in [0.05, 0.1) is 0 Å². The lowest BCUT2D eigenvalue weighted by Gasteiger charge is -1.99. The smallest absolute Gasteiger partial charge is 0.192 e. The first kappa shape index (κ1) is 9.46. The Balaban J connectivity index is 2.96. The maximum absolute atomic E-state index is 11.5. The van der Waals surface area contributed by atoms with E-state index in [4.69, 9.17) is 0 Å². The zero-order valence-electron chi connectivity index (χ0n) is 7.71. The maximum atomic E-state index is 11.5. The molecule has 1 aromatic rings. The van der Waals surface area contributed by atoms with Crippen molar-refractivity contribution in [1.29, 1.82) is 0 Å². The van der Waals surface area contributed by atoms with Crippen LogP contribution in [0.5, 0.6) is 0 Å². The molecule has 1 heteroatoms. The maximum Gasteiger partial charge on any atom is 0.192 e. The Kier molecular flexibility index (Phi) is 2.80. The number of hydrogen-bond acceptors (Lipinski definition) is 1. The van der Waals surface area contributed by atoms with Gasteiger partial charge in [0, 0.05) is 11.1 Å². The molecule has 0 aliphatic carbocycles. The highest BCUT2D eigenvalue weighted by Gasteiger charge is 2.05. The first-order chi connectivity index (χ1) is 6.15. The number of rotatable bonds is 3. The van der Waals surface area contributed by atoms with Gasteiger partial charge in [-0.05, 0) is 6.92 Å². The van der Waals surface area contributed by atoms with Gasteiger partial charge in [-0.25, -0.2) is 0 Å². The lowest BCUT2D eigenvalue weighted by Crippen LogP contribution is -1.99. The van der Waals surface area contributed by atoms with Crippen LogP contribution in [0, 0.1) is 6.92 Å². The third-order valence-corrected chi connectivity index (χ3v) is 1.85. The van der Waals surface area contributed by atoms with E-state index in [9.17, 15) is 4.79 Å². The molecule has 0 saturated carbocycles. The summed E-state index contributed by atoms with van der Waals surface area (Å²) in [5.41, 5.74) is 2.24. The van der Waals surface area contributed by atoms with Gasteiger partial charge in [-0.15, -0.1) is 0 Å². The SMILES string of the molecule is C=CC(=C)C(=O)c1ccc(C)cc1. The monoisotopic (exact) mass is 172 g/mol. The van der Waals surface area contributed by atoms with Crippen molar-refractivity contribution in [2.75, 3.05) is 0 Å². The molecule has 0 bridgehead atoms. The van der Waals surface area contributed by atoms with Gasteiger partial charge in [-0.2, -0.15) is 0 Å². The van der Waals surface area contributed by atoms with Gasteiger partial charge in [0.15, 0.2) is 5.78 Å². The average molecular weight is 172 g/mol. The van der Waals surface area contributed by atoms with Gasteiger partial charge < -0.3 is 0 Å². The van der Waals surface area contributed by atoms with Gasteiger partial charge in [-0.1, -0.05) is 49.1 Å². The van der Waals surface area contributed by atoms with Crippen LogP contribution in [0.25, 0.3) is 0 Å². The number of benzene rings is 1. The molecule has 0 atom stereocenters.